The predicted octanol–water partition coefficient (Wildman–Crippen LogP) is 2.65. The molecule has 6 heteroatoms. The van der Waals surface area contributed by atoms with Gasteiger partial charge in [0.15, 0.2) is 0 Å². The van der Waals surface area contributed by atoms with Crippen molar-refractivity contribution in [1.29, 1.82) is 0 Å². The van der Waals surface area contributed by atoms with Crippen molar-refractivity contribution in [1.82, 2.24) is 14.5 Å². The average molecular weight is 340 g/mol. The minimum atomic E-state index is 0.0915. The monoisotopic (exact) mass is 340 g/mol. The third-order valence-electron chi connectivity index (χ3n) is 5.14. The van der Waals surface area contributed by atoms with Gasteiger partial charge in [0.25, 0.3) is 5.56 Å². The summed E-state index contributed by atoms with van der Waals surface area (Å²) in [5.41, 5.74) is 2.76. The molecule has 1 aromatic heterocycles. The minimum absolute atomic E-state index is 0.0915. The molecule has 6 nitrogen and oxygen atoms in total. The molecular formula is C19H24N4O2. The summed E-state index contributed by atoms with van der Waals surface area (Å²) in [4.78, 5) is 22.3. The summed E-state index contributed by atoms with van der Waals surface area (Å²) in [5, 5.41) is 0. The Labute approximate surface area is 147 Å². The van der Waals surface area contributed by atoms with Crippen molar-refractivity contribution in [2.75, 3.05) is 18.7 Å². The van der Waals surface area contributed by atoms with Gasteiger partial charge in [0.05, 0.1) is 20.4 Å². The number of hydrogen-bond acceptors (Lipinski definition) is 5. The molecule has 132 valence electrons. The number of ether oxygens (including phenoxy) is 1. The summed E-state index contributed by atoms with van der Waals surface area (Å²) in [6.45, 7) is 5.34. The van der Waals surface area contributed by atoms with Gasteiger partial charge in [-0.05, 0) is 50.5 Å². The maximum Gasteiger partial charge on any atom is 0.259 e. The summed E-state index contributed by atoms with van der Waals surface area (Å²) in [6.07, 6.45) is 3.13. The fraction of sp³-hybridized carbons (Fsp3) is 0.474. The Hall–Kier alpha value is -2.34. The van der Waals surface area contributed by atoms with Gasteiger partial charge in [-0.15, -0.1) is 0 Å². The first-order chi connectivity index (χ1) is 12.1. The molecule has 25 heavy (non-hydrogen) atoms. The van der Waals surface area contributed by atoms with Crippen LogP contribution in [0.1, 0.15) is 31.0 Å². The van der Waals surface area contributed by atoms with Gasteiger partial charge in [-0.1, -0.05) is 6.92 Å². The predicted molar refractivity (Wildman–Crippen MR) is 97.5 cm³/mol. The van der Waals surface area contributed by atoms with E-state index in [4.69, 9.17) is 9.72 Å². The maximum absolute atomic E-state index is 13.0. The fourth-order valence-electron chi connectivity index (χ4n) is 3.53. The highest BCUT2D eigenvalue weighted by molar-refractivity contribution is 5.59. The third kappa shape index (κ3) is 2.80. The second kappa shape index (κ2) is 6.19. The van der Waals surface area contributed by atoms with Crippen LogP contribution in [0.15, 0.2) is 29.1 Å². The molecule has 1 aliphatic heterocycles. The number of aromatic nitrogens is 2. The van der Waals surface area contributed by atoms with E-state index < -0.39 is 0 Å². The van der Waals surface area contributed by atoms with Crippen molar-refractivity contribution >= 4 is 11.6 Å². The molecule has 0 atom stereocenters. The quantitative estimate of drug-likeness (QED) is 0.856. The molecule has 1 aliphatic carbocycles. The van der Waals surface area contributed by atoms with Crippen LogP contribution in [0.25, 0.3) is 0 Å². The van der Waals surface area contributed by atoms with Gasteiger partial charge in [0, 0.05) is 23.0 Å². The second-order valence-corrected chi connectivity index (χ2v) is 6.79. The molecule has 0 radical (unpaired) electrons. The van der Waals surface area contributed by atoms with Crippen molar-refractivity contribution in [2.24, 2.45) is 0 Å². The average Bonchev–Trinajstić information content (AvgIpc) is 3.47. The minimum Gasteiger partial charge on any atom is -0.497 e. The van der Waals surface area contributed by atoms with E-state index in [0.29, 0.717) is 19.1 Å². The third-order valence-corrected chi connectivity index (χ3v) is 5.14. The molecule has 1 saturated carbocycles. The standard InChI is InChI=1S/C19H24N4O2/c1-4-17-13(2)20-19-22(15-7-9-16(25-3)10-8-15)11-21(14-5-6-14)12-23(19)18(17)24/h7-10,14H,4-6,11-12H2,1-3H3. The van der Waals surface area contributed by atoms with E-state index >= 15 is 0 Å². The van der Waals surface area contributed by atoms with E-state index in [1.54, 1.807) is 7.11 Å². The molecule has 4 rings (SSSR count). The van der Waals surface area contributed by atoms with Gasteiger partial charge in [0.1, 0.15) is 5.75 Å². The summed E-state index contributed by atoms with van der Waals surface area (Å²) >= 11 is 0. The Morgan fingerprint density at radius 1 is 1.20 bits per heavy atom. The normalized spacial score (nSPS) is 17.5. The number of rotatable bonds is 4. The van der Waals surface area contributed by atoms with Crippen molar-refractivity contribution in [2.45, 2.75) is 45.8 Å². The zero-order chi connectivity index (χ0) is 17.6. The van der Waals surface area contributed by atoms with Crippen molar-refractivity contribution < 1.29 is 4.74 Å². The van der Waals surface area contributed by atoms with Crippen LogP contribution in [0.5, 0.6) is 5.75 Å². The highest BCUT2D eigenvalue weighted by Gasteiger charge is 2.35. The molecule has 0 saturated heterocycles. The lowest BCUT2D eigenvalue weighted by atomic mass is 10.2. The SMILES string of the molecule is CCc1c(C)nc2n(c1=O)CN(C1CC1)CN2c1ccc(OC)cc1. The number of anilines is 2. The number of nitrogens with zero attached hydrogens (tertiary/aromatic N) is 4. The zero-order valence-corrected chi connectivity index (χ0v) is 15.0. The van der Waals surface area contributed by atoms with E-state index in [0.717, 1.165) is 35.3 Å². The first-order valence-corrected chi connectivity index (χ1v) is 8.88. The smallest absolute Gasteiger partial charge is 0.259 e. The number of fused-ring (bicyclic) bond motifs is 1. The lowest BCUT2D eigenvalue weighted by molar-refractivity contribution is 0.188. The van der Waals surface area contributed by atoms with Crippen LogP contribution in [0, 0.1) is 6.92 Å². The van der Waals surface area contributed by atoms with Gasteiger partial charge in [-0.25, -0.2) is 4.98 Å². The largest absolute Gasteiger partial charge is 0.497 e. The molecule has 2 aromatic rings. The number of benzene rings is 1. The van der Waals surface area contributed by atoms with Gasteiger partial charge in [-0.2, -0.15) is 0 Å². The summed E-state index contributed by atoms with van der Waals surface area (Å²) in [5.74, 6) is 1.56. The highest BCUT2D eigenvalue weighted by Crippen LogP contribution is 2.34. The van der Waals surface area contributed by atoms with Crippen molar-refractivity contribution in [3.05, 3.63) is 45.9 Å². The molecule has 0 bridgehead atoms. The van der Waals surface area contributed by atoms with Crippen LogP contribution in [-0.2, 0) is 13.1 Å². The number of hydrogen-bond donors (Lipinski definition) is 0. The summed E-state index contributed by atoms with van der Waals surface area (Å²) < 4.78 is 7.10. The van der Waals surface area contributed by atoms with Crippen LogP contribution in [-0.4, -0.2) is 34.3 Å². The van der Waals surface area contributed by atoms with Crippen LogP contribution >= 0.6 is 0 Å². The maximum atomic E-state index is 13.0. The Bertz CT molecular complexity index is 840. The van der Waals surface area contributed by atoms with E-state index in [-0.39, 0.29) is 5.56 Å². The number of methoxy groups -OCH3 is 1. The zero-order valence-electron chi connectivity index (χ0n) is 15.0. The summed E-state index contributed by atoms with van der Waals surface area (Å²) in [7, 11) is 1.66. The molecule has 0 N–H and O–H groups in total. The van der Waals surface area contributed by atoms with Crippen LogP contribution in [0.3, 0.4) is 0 Å². The fourth-order valence-corrected chi connectivity index (χ4v) is 3.53. The first kappa shape index (κ1) is 16.1. The Kier molecular flexibility index (Phi) is 4.00. The molecule has 0 amide bonds. The van der Waals surface area contributed by atoms with Gasteiger partial charge in [-0.3, -0.25) is 19.2 Å². The molecule has 2 aliphatic rings. The molecule has 1 aromatic carbocycles. The summed E-state index contributed by atoms with van der Waals surface area (Å²) in [6, 6.07) is 8.51. The van der Waals surface area contributed by atoms with Crippen molar-refractivity contribution in [3.8, 4) is 5.75 Å². The molecule has 1 fully saturated rings. The van der Waals surface area contributed by atoms with Crippen LogP contribution < -0.4 is 15.2 Å². The van der Waals surface area contributed by atoms with E-state index in [9.17, 15) is 4.79 Å². The van der Waals surface area contributed by atoms with Crippen molar-refractivity contribution in [3.63, 3.8) is 0 Å². The highest BCUT2D eigenvalue weighted by atomic mass is 16.5. The van der Waals surface area contributed by atoms with E-state index in [2.05, 4.69) is 9.80 Å². The van der Waals surface area contributed by atoms with Crippen LogP contribution in [0.2, 0.25) is 0 Å². The number of aryl methyl sites for hydroxylation is 1. The lowest BCUT2D eigenvalue weighted by Crippen LogP contribution is -2.48. The van der Waals surface area contributed by atoms with E-state index in [1.807, 2.05) is 42.7 Å². The first-order valence-electron chi connectivity index (χ1n) is 8.88. The lowest BCUT2D eigenvalue weighted by Gasteiger charge is -2.38. The van der Waals surface area contributed by atoms with Gasteiger partial charge < -0.3 is 4.74 Å². The Morgan fingerprint density at radius 2 is 1.92 bits per heavy atom. The van der Waals surface area contributed by atoms with Crippen LogP contribution in [0.4, 0.5) is 11.6 Å². The molecular weight excluding hydrogens is 316 g/mol. The Morgan fingerprint density at radius 3 is 2.52 bits per heavy atom. The Balaban J connectivity index is 1.82. The molecule has 0 spiro atoms. The molecule has 0 unspecified atom stereocenters. The van der Waals surface area contributed by atoms with Gasteiger partial charge in [0.2, 0.25) is 5.95 Å². The second-order valence-electron chi connectivity index (χ2n) is 6.79. The molecule has 2 heterocycles. The van der Waals surface area contributed by atoms with E-state index in [1.165, 1.54) is 12.8 Å². The van der Waals surface area contributed by atoms with Gasteiger partial charge >= 0.3 is 0 Å². The topological polar surface area (TPSA) is 50.6 Å².